The van der Waals surface area contributed by atoms with Crippen LogP contribution in [0.15, 0.2) is 46.1 Å². The molecule has 1 aromatic heterocycles. The third kappa shape index (κ3) is 3.04. The Kier molecular flexibility index (Phi) is 4.37. The average Bonchev–Trinajstić information content (AvgIpc) is 3.11. The Labute approximate surface area is 137 Å². The maximum atomic E-state index is 13.3. The van der Waals surface area contributed by atoms with E-state index in [1.807, 2.05) is 0 Å². The third-order valence-electron chi connectivity index (χ3n) is 3.82. The zero-order valence-corrected chi connectivity index (χ0v) is 13.3. The van der Waals surface area contributed by atoms with Gasteiger partial charge >= 0.3 is 0 Å². The number of halogens is 2. The molecule has 2 heterocycles. The fourth-order valence-corrected chi connectivity index (χ4v) is 3.92. The van der Waals surface area contributed by atoms with Gasteiger partial charge in [0.2, 0.25) is 10.0 Å². The van der Waals surface area contributed by atoms with Crippen LogP contribution in [0, 0.1) is 11.6 Å². The fraction of sp³-hybridized carbons (Fsp3) is 0.267. The largest absolute Gasteiger partial charge is 0.472 e. The zero-order valence-electron chi connectivity index (χ0n) is 12.5. The van der Waals surface area contributed by atoms with Gasteiger partial charge in [-0.3, -0.25) is 4.79 Å². The molecule has 0 aliphatic carbocycles. The second kappa shape index (κ2) is 6.33. The maximum absolute atomic E-state index is 13.3. The third-order valence-corrected chi connectivity index (χ3v) is 5.72. The molecule has 0 atom stereocenters. The van der Waals surface area contributed by atoms with E-state index < -0.39 is 21.7 Å². The van der Waals surface area contributed by atoms with E-state index in [-0.39, 0.29) is 37.0 Å². The topological polar surface area (TPSA) is 70.8 Å². The molecule has 128 valence electrons. The minimum Gasteiger partial charge on any atom is -0.472 e. The highest BCUT2D eigenvalue weighted by Crippen LogP contribution is 2.20. The second-order valence-electron chi connectivity index (χ2n) is 5.28. The van der Waals surface area contributed by atoms with Crippen LogP contribution in [0.5, 0.6) is 0 Å². The maximum Gasteiger partial charge on any atom is 0.257 e. The summed E-state index contributed by atoms with van der Waals surface area (Å²) in [6, 6.07) is 4.00. The fourth-order valence-electron chi connectivity index (χ4n) is 2.49. The van der Waals surface area contributed by atoms with Crippen LogP contribution >= 0.6 is 0 Å². The van der Waals surface area contributed by atoms with Gasteiger partial charge in [0, 0.05) is 26.2 Å². The number of benzene rings is 1. The monoisotopic (exact) mass is 356 g/mol. The van der Waals surface area contributed by atoms with Crippen molar-refractivity contribution in [1.29, 1.82) is 0 Å². The van der Waals surface area contributed by atoms with E-state index in [0.29, 0.717) is 11.6 Å². The van der Waals surface area contributed by atoms with Gasteiger partial charge in [0.05, 0.1) is 16.7 Å². The molecule has 0 radical (unpaired) electrons. The SMILES string of the molecule is O=C(c1ccoc1)N1CCN(S(=O)(=O)c2ccc(F)c(F)c2)CC1. The minimum atomic E-state index is -3.93. The first kappa shape index (κ1) is 16.6. The Morgan fingerprint density at radius 2 is 1.75 bits per heavy atom. The summed E-state index contributed by atoms with van der Waals surface area (Å²) >= 11 is 0. The molecule has 1 aliphatic heterocycles. The first-order valence-corrected chi connectivity index (χ1v) is 8.60. The summed E-state index contributed by atoms with van der Waals surface area (Å²) in [5.74, 6) is -2.57. The Morgan fingerprint density at radius 3 is 2.33 bits per heavy atom. The van der Waals surface area contributed by atoms with Crippen LogP contribution in [0.25, 0.3) is 0 Å². The van der Waals surface area contributed by atoms with E-state index in [1.54, 1.807) is 0 Å². The lowest BCUT2D eigenvalue weighted by molar-refractivity contribution is 0.0697. The van der Waals surface area contributed by atoms with Gasteiger partial charge in [0.15, 0.2) is 11.6 Å². The first-order chi connectivity index (χ1) is 11.4. The lowest BCUT2D eigenvalue weighted by Crippen LogP contribution is -2.50. The number of sulfonamides is 1. The summed E-state index contributed by atoms with van der Waals surface area (Å²) in [4.78, 5) is 13.4. The van der Waals surface area contributed by atoms with Crippen LogP contribution in [0.3, 0.4) is 0 Å². The second-order valence-corrected chi connectivity index (χ2v) is 7.22. The molecule has 9 heteroatoms. The number of amides is 1. The molecule has 1 fully saturated rings. The average molecular weight is 356 g/mol. The molecule has 2 aromatic rings. The quantitative estimate of drug-likeness (QED) is 0.839. The van der Waals surface area contributed by atoms with Gasteiger partial charge < -0.3 is 9.32 Å². The predicted molar refractivity (Wildman–Crippen MR) is 79.7 cm³/mol. The van der Waals surface area contributed by atoms with Crippen molar-refractivity contribution in [2.45, 2.75) is 4.90 Å². The molecule has 1 aromatic carbocycles. The number of hydrogen-bond acceptors (Lipinski definition) is 4. The lowest BCUT2D eigenvalue weighted by Gasteiger charge is -2.33. The first-order valence-electron chi connectivity index (χ1n) is 7.16. The molecule has 0 saturated carbocycles. The van der Waals surface area contributed by atoms with Crippen LogP contribution < -0.4 is 0 Å². The smallest absolute Gasteiger partial charge is 0.257 e. The van der Waals surface area contributed by atoms with Crippen molar-refractivity contribution in [3.63, 3.8) is 0 Å². The van der Waals surface area contributed by atoms with Crippen LogP contribution in [0.4, 0.5) is 8.78 Å². The number of hydrogen-bond donors (Lipinski definition) is 0. The molecule has 6 nitrogen and oxygen atoms in total. The normalized spacial score (nSPS) is 16.3. The van der Waals surface area contributed by atoms with Crippen molar-refractivity contribution >= 4 is 15.9 Å². The van der Waals surface area contributed by atoms with E-state index >= 15 is 0 Å². The Balaban J connectivity index is 1.71. The van der Waals surface area contributed by atoms with Crippen molar-refractivity contribution in [3.8, 4) is 0 Å². The van der Waals surface area contributed by atoms with Gasteiger partial charge in [-0.15, -0.1) is 0 Å². The standard InChI is InChI=1S/C15H14F2N2O4S/c16-13-2-1-12(9-14(13)17)24(21,22)19-6-4-18(5-7-19)15(20)11-3-8-23-10-11/h1-3,8-10H,4-7H2. The van der Waals surface area contributed by atoms with Gasteiger partial charge in [-0.1, -0.05) is 0 Å². The van der Waals surface area contributed by atoms with Crippen LogP contribution in [-0.4, -0.2) is 49.7 Å². The van der Waals surface area contributed by atoms with Crippen molar-refractivity contribution in [2.75, 3.05) is 26.2 Å². The van der Waals surface area contributed by atoms with E-state index in [1.165, 1.54) is 23.5 Å². The zero-order chi connectivity index (χ0) is 17.3. The molecule has 3 rings (SSSR count). The number of piperazine rings is 1. The lowest BCUT2D eigenvalue weighted by atomic mass is 10.2. The van der Waals surface area contributed by atoms with Gasteiger partial charge in [0.1, 0.15) is 6.26 Å². The van der Waals surface area contributed by atoms with Gasteiger partial charge in [0.25, 0.3) is 5.91 Å². The molecule has 0 spiro atoms. The molecule has 0 bridgehead atoms. The Bertz CT molecular complexity index is 844. The summed E-state index contributed by atoms with van der Waals surface area (Å²) in [5.41, 5.74) is 0.395. The minimum absolute atomic E-state index is 0.0743. The van der Waals surface area contributed by atoms with E-state index in [9.17, 15) is 22.0 Å². The van der Waals surface area contributed by atoms with Crippen LogP contribution in [0.2, 0.25) is 0 Å². The predicted octanol–water partition coefficient (Wildman–Crippen LogP) is 1.70. The Hall–Kier alpha value is -2.26. The summed E-state index contributed by atoms with van der Waals surface area (Å²) in [7, 11) is -3.93. The summed E-state index contributed by atoms with van der Waals surface area (Å²) < 4.78 is 57.2. The molecule has 1 saturated heterocycles. The molecule has 1 aliphatic rings. The highest BCUT2D eigenvalue weighted by Gasteiger charge is 2.31. The summed E-state index contributed by atoms with van der Waals surface area (Å²) in [6.07, 6.45) is 2.71. The molecule has 0 N–H and O–H groups in total. The van der Waals surface area contributed by atoms with Crippen LogP contribution in [0.1, 0.15) is 10.4 Å². The molecular formula is C15H14F2N2O4S. The van der Waals surface area contributed by atoms with Crippen molar-refractivity contribution in [2.24, 2.45) is 0 Å². The number of nitrogens with zero attached hydrogens (tertiary/aromatic N) is 2. The molecule has 1 amide bonds. The Morgan fingerprint density at radius 1 is 1.04 bits per heavy atom. The number of furan rings is 1. The van der Waals surface area contributed by atoms with Crippen molar-refractivity contribution in [3.05, 3.63) is 54.0 Å². The number of carbonyl (C=O) groups is 1. The number of rotatable bonds is 3. The van der Waals surface area contributed by atoms with Gasteiger partial charge in [-0.25, -0.2) is 17.2 Å². The van der Waals surface area contributed by atoms with Gasteiger partial charge in [-0.05, 0) is 24.3 Å². The summed E-state index contributed by atoms with van der Waals surface area (Å²) in [5, 5.41) is 0. The van der Waals surface area contributed by atoms with E-state index in [2.05, 4.69) is 0 Å². The molecule has 0 unspecified atom stereocenters. The van der Waals surface area contributed by atoms with Gasteiger partial charge in [-0.2, -0.15) is 4.31 Å². The van der Waals surface area contributed by atoms with Crippen molar-refractivity contribution in [1.82, 2.24) is 9.21 Å². The van der Waals surface area contributed by atoms with E-state index in [4.69, 9.17) is 4.42 Å². The summed E-state index contributed by atoms with van der Waals surface area (Å²) in [6.45, 7) is 0.551. The highest BCUT2D eigenvalue weighted by atomic mass is 32.2. The highest BCUT2D eigenvalue weighted by molar-refractivity contribution is 7.89. The van der Waals surface area contributed by atoms with Crippen molar-refractivity contribution < 1.29 is 26.4 Å². The number of carbonyl (C=O) groups excluding carboxylic acids is 1. The van der Waals surface area contributed by atoms with E-state index in [0.717, 1.165) is 16.4 Å². The molecular weight excluding hydrogens is 342 g/mol. The molecule has 24 heavy (non-hydrogen) atoms. The van der Waals surface area contributed by atoms with Crippen LogP contribution in [-0.2, 0) is 10.0 Å².